The molecule has 0 unspecified atom stereocenters. The van der Waals surface area contributed by atoms with Crippen LogP contribution in [0.15, 0.2) is 144 Å². The Kier molecular flexibility index (Phi) is 19.3. The summed E-state index contributed by atoms with van der Waals surface area (Å²) in [5, 5.41) is 5.36. The maximum atomic E-state index is 12.3. The fraction of sp³-hybridized carbons (Fsp3) is 0.231. The molecule has 4 aliphatic rings. The highest BCUT2D eigenvalue weighted by molar-refractivity contribution is 7.86. The van der Waals surface area contributed by atoms with E-state index in [1.54, 1.807) is 70.7 Å². The number of carbonyl (C=O) groups excluding carboxylic acids is 4. The summed E-state index contributed by atoms with van der Waals surface area (Å²) in [5.41, 5.74) is 4.72. The van der Waals surface area contributed by atoms with E-state index in [9.17, 15) is 36.0 Å². The summed E-state index contributed by atoms with van der Waals surface area (Å²) in [6.07, 6.45) is 1.45. The molecular formula is C52H52N8O14S2. The van der Waals surface area contributed by atoms with E-state index in [1.165, 1.54) is 38.1 Å². The van der Waals surface area contributed by atoms with Gasteiger partial charge < -0.3 is 39.3 Å². The van der Waals surface area contributed by atoms with Gasteiger partial charge >= 0.3 is 12.2 Å². The van der Waals surface area contributed by atoms with Gasteiger partial charge in [-0.25, -0.2) is 9.59 Å². The number of fused-ring (bicyclic) bond motifs is 6. The number of pyridine rings is 2. The Bertz CT molecular complexity index is 3130. The minimum atomic E-state index is -4.00. The highest BCUT2D eigenvalue weighted by atomic mass is 32.2. The molecule has 4 aliphatic heterocycles. The van der Waals surface area contributed by atoms with E-state index in [-0.39, 0.29) is 74.8 Å². The second-order valence-corrected chi connectivity index (χ2v) is 19.0. The first kappa shape index (κ1) is 58.0. The fourth-order valence-corrected chi connectivity index (χ4v) is 8.69. The monoisotopic (exact) mass is 1080 g/mol. The Balaban J connectivity index is 0.000000204. The summed E-state index contributed by atoms with van der Waals surface area (Å²) in [6.45, 7) is 17.8. The molecule has 4 aromatic carbocycles. The van der Waals surface area contributed by atoms with Crippen LogP contribution in [0.5, 0.6) is 11.5 Å². The Morgan fingerprint density at radius 3 is 1.24 bits per heavy atom. The number of cyclic esters (lactones) is 2. The van der Waals surface area contributed by atoms with E-state index in [4.69, 9.17) is 41.2 Å². The number of hydrogen-bond acceptors (Lipinski definition) is 14. The molecule has 4 atom stereocenters. The Labute approximate surface area is 439 Å². The van der Waals surface area contributed by atoms with Gasteiger partial charge in [-0.2, -0.15) is 16.8 Å². The second-order valence-electron chi connectivity index (χ2n) is 16.2. The number of hydrogen-bond donors (Lipinski definition) is 4. The molecule has 0 aliphatic carbocycles. The normalized spacial score (nSPS) is 17.2. The van der Waals surface area contributed by atoms with Gasteiger partial charge in [0.2, 0.25) is 11.8 Å². The predicted octanol–water partition coefficient (Wildman–Crippen LogP) is 8.18. The number of anilines is 2. The molecule has 6 aromatic rings. The summed E-state index contributed by atoms with van der Waals surface area (Å²) in [7, 11) is -8.01. The Morgan fingerprint density at radius 1 is 0.592 bits per heavy atom. The smallest absolute Gasteiger partial charge is 0.415 e. The molecule has 2 aromatic heterocycles. The highest BCUT2D eigenvalue weighted by Gasteiger charge is 2.48. The molecule has 24 heteroatoms. The quantitative estimate of drug-likeness (QED) is 0.0826. The highest BCUT2D eigenvalue weighted by Crippen LogP contribution is 2.42. The van der Waals surface area contributed by atoms with Crippen LogP contribution in [0.1, 0.15) is 28.7 Å². The lowest BCUT2D eigenvalue weighted by molar-refractivity contribution is -0.120. The third kappa shape index (κ3) is 14.2. The number of nitrogens with one attached hydrogen (secondary N) is 2. The average molecular weight is 1080 g/mol. The maximum Gasteiger partial charge on any atom is 0.415 e. The van der Waals surface area contributed by atoms with Crippen molar-refractivity contribution in [3.63, 3.8) is 0 Å². The molecule has 4 N–H and O–H groups in total. The van der Waals surface area contributed by atoms with Crippen molar-refractivity contribution in [1.29, 1.82) is 0 Å². The first-order chi connectivity index (χ1) is 35.3. The lowest BCUT2D eigenvalue weighted by Gasteiger charge is -2.31. The largest absolute Gasteiger partial charge is 0.489 e. The van der Waals surface area contributed by atoms with Gasteiger partial charge in [-0.05, 0) is 71.8 Å². The van der Waals surface area contributed by atoms with Crippen molar-refractivity contribution in [2.75, 3.05) is 36.1 Å². The van der Waals surface area contributed by atoms with E-state index in [1.807, 2.05) is 48.5 Å². The van der Waals surface area contributed by atoms with Crippen molar-refractivity contribution in [3.8, 4) is 33.8 Å². The number of aromatic nitrogens is 2. The molecule has 0 radical (unpaired) electrons. The zero-order valence-corrected chi connectivity index (χ0v) is 40.8. The van der Waals surface area contributed by atoms with Crippen molar-refractivity contribution in [3.05, 3.63) is 157 Å². The topological polar surface area (TPSA) is 279 Å². The molecule has 6 heterocycles. The number of benzene rings is 4. The van der Waals surface area contributed by atoms with Crippen LogP contribution in [-0.4, -0.2) is 111 Å². The molecule has 396 valence electrons. The third-order valence-electron chi connectivity index (χ3n) is 11.3. The van der Waals surface area contributed by atoms with Gasteiger partial charge in [0.15, 0.2) is 0 Å². The van der Waals surface area contributed by atoms with Crippen molar-refractivity contribution < 1.29 is 64.1 Å². The molecule has 0 saturated carbocycles. The van der Waals surface area contributed by atoms with Crippen molar-refractivity contribution in [2.24, 2.45) is 0 Å². The number of rotatable bonds is 8. The number of carbonyl (C=O) groups is 4. The van der Waals surface area contributed by atoms with Crippen LogP contribution in [0.25, 0.3) is 31.9 Å². The van der Waals surface area contributed by atoms with Gasteiger partial charge in [0.05, 0.1) is 34.3 Å². The molecular weight excluding hydrogens is 1020 g/mol. The predicted molar refractivity (Wildman–Crippen MR) is 279 cm³/mol. The standard InChI is InChI=1S/2C19H16N4O4.2C6H6O3S.2CH4/c2*1-11(24)21-9-17-15-10-26-16-7-12(13-4-6-18(20-2)22-8-13)3-5-14(16)23(15)19(25)27-17;2*7-10(8,9)6-4-2-1-3-5-6;;/h2*3-8,15,17H,9-10H2,1H3,(H,21,24);2*1-5H,(H,7,8,9);2*1H4/t2*15-,17-;;;;/m00..../s1. The summed E-state index contributed by atoms with van der Waals surface area (Å²) >= 11 is 0. The summed E-state index contributed by atoms with van der Waals surface area (Å²) in [5.74, 6) is 1.47. The van der Waals surface area contributed by atoms with Crippen LogP contribution in [0.3, 0.4) is 0 Å². The number of ether oxygens (including phenoxy) is 4. The minimum absolute atomic E-state index is 0. The molecule has 0 spiro atoms. The van der Waals surface area contributed by atoms with E-state index in [0.29, 0.717) is 34.5 Å². The summed E-state index contributed by atoms with van der Waals surface area (Å²) < 4.78 is 81.0. The summed E-state index contributed by atoms with van der Waals surface area (Å²) in [6, 6.07) is 32.3. The van der Waals surface area contributed by atoms with Crippen LogP contribution in [0, 0.1) is 13.1 Å². The lowest BCUT2D eigenvalue weighted by atomic mass is 10.0. The van der Waals surface area contributed by atoms with Crippen LogP contribution < -0.4 is 29.9 Å². The molecule has 10 rings (SSSR count). The van der Waals surface area contributed by atoms with Gasteiger partial charge in [-0.1, -0.05) is 88.7 Å². The molecule has 22 nitrogen and oxygen atoms in total. The zero-order valence-electron chi connectivity index (χ0n) is 39.1. The molecule has 4 amide bonds. The van der Waals surface area contributed by atoms with Crippen LogP contribution >= 0.6 is 0 Å². The Hall–Kier alpha value is -8.94. The van der Waals surface area contributed by atoms with Crippen LogP contribution in [-0.2, 0) is 39.3 Å². The van der Waals surface area contributed by atoms with E-state index >= 15 is 0 Å². The first-order valence-corrected chi connectivity index (χ1v) is 25.0. The first-order valence-electron chi connectivity index (χ1n) is 22.1. The van der Waals surface area contributed by atoms with Gasteiger partial charge in [-0.3, -0.25) is 28.5 Å². The van der Waals surface area contributed by atoms with Crippen molar-refractivity contribution in [2.45, 2.75) is 62.8 Å². The lowest BCUT2D eigenvalue weighted by Crippen LogP contribution is -2.47. The number of nitrogens with zero attached hydrogens (tertiary/aromatic N) is 6. The molecule has 0 bridgehead atoms. The van der Waals surface area contributed by atoms with E-state index in [2.05, 4.69) is 30.3 Å². The molecule has 2 saturated heterocycles. The second kappa shape index (κ2) is 25.3. The zero-order chi connectivity index (χ0) is 53.2. The van der Waals surface area contributed by atoms with Crippen molar-refractivity contribution >= 4 is 67.2 Å². The van der Waals surface area contributed by atoms with Crippen LogP contribution in [0.2, 0.25) is 0 Å². The molecule has 2 fully saturated rings. The number of amides is 4. The van der Waals surface area contributed by atoms with E-state index < -0.39 is 44.6 Å². The van der Waals surface area contributed by atoms with Crippen LogP contribution in [0.4, 0.5) is 32.6 Å². The minimum Gasteiger partial charge on any atom is -0.489 e. The SMILES string of the molecule is C.C.O=S(=O)(O)c1ccccc1.O=S(=O)(O)c1ccccc1.[C-]#[N+]c1ccc(-c2ccc3c(c2)OC[C@H]2[C@H](CNC(C)=O)OC(=O)N32)cn1.[C-]#[N+]c1ccc(-c2ccc3c(c2)OC[C@H]2[C@H](CNC(C)=O)OC(=O)N32)cn1. The third-order valence-corrected chi connectivity index (χ3v) is 13.0. The van der Waals surface area contributed by atoms with Gasteiger partial charge in [0.1, 0.15) is 61.4 Å². The molecule has 76 heavy (non-hydrogen) atoms. The average Bonchev–Trinajstić information content (AvgIpc) is 3.92. The van der Waals surface area contributed by atoms with Gasteiger partial charge in [0, 0.05) is 25.0 Å². The Morgan fingerprint density at radius 2 is 0.947 bits per heavy atom. The maximum absolute atomic E-state index is 12.3. The van der Waals surface area contributed by atoms with E-state index in [0.717, 1.165) is 22.3 Å². The van der Waals surface area contributed by atoms with Crippen molar-refractivity contribution in [1.82, 2.24) is 20.6 Å². The fourth-order valence-electron chi connectivity index (χ4n) is 7.69. The summed E-state index contributed by atoms with van der Waals surface area (Å²) in [4.78, 5) is 64.7. The van der Waals surface area contributed by atoms with Gasteiger partial charge in [0.25, 0.3) is 31.9 Å². The van der Waals surface area contributed by atoms with Gasteiger partial charge in [-0.15, -0.1) is 9.97 Å².